The van der Waals surface area contributed by atoms with Crippen molar-refractivity contribution in [3.63, 3.8) is 0 Å². The number of aromatic nitrogens is 2. The maximum atomic E-state index is 5.76. The second kappa shape index (κ2) is 9.94. The van der Waals surface area contributed by atoms with Gasteiger partial charge in [0.15, 0.2) is 0 Å². The Hall–Kier alpha value is -1.89. The van der Waals surface area contributed by atoms with Gasteiger partial charge in [0.2, 0.25) is 0 Å². The van der Waals surface area contributed by atoms with Crippen LogP contribution in [-0.2, 0) is 37.4 Å². The van der Waals surface area contributed by atoms with E-state index in [0.717, 1.165) is 71.2 Å². The van der Waals surface area contributed by atoms with Gasteiger partial charge in [0, 0.05) is 50.4 Å². The summed E-state index contributed by atoms with van der Waals surface area (Å²) in [6.07, 6.45) is 2.40. The Bertz CT molecular complexity index is 815. The van der Waals surface area contributed by atoms with Gasteiger partial charge in [0.25, 0.3) is 0 Å². The molecule has 2 aromatic rings. The van der Waals surface area contributed by atoms with Crippen molar-refractivity contribution in [3.8, 4) is 5.75 Å². The first-order chi connectivity index (χ1) is 14.6. The minimum atomic E-state index is 0.216. The van der Waals surface area contributed by atoms with Gasteiger partial charge in [0.05, 0.1) is 25.0 Å². The monoisotopic (exact) mass is 412 g/mol. The molecule has 3 heterocycles. The lowest BCUT2D eigenvalue weighted by molar-refractivity contribution is 0.107. The van der Waals surface area contributed by atoms with Crippen molar-refractivity contribution in [2.75, 3.05) is 32.8 Å². The first-order valence-corrected chi connectivity index (χ1v) is 11.5. The maximum Gasteiger partial charge on any atom is 0.119 e. The van der Waals surface area contributed by atoms with Crippen molar-refractivity contribution in [2.24, 2.45) is 0 Å². The third kappa shape index (κ3) is 5.23. The van der Waals surface area contributed by atoms with Crippen LogP contribution in [0.2, 0.25) is 0 Å². The molecule has 0 aliphatic carbocycles. The minimum absolute atomic E-state index is 0.216. The van der Waals surface area contributed by atoms with Crippen LogP contribution in [0, 0.1) is 0 Å². The molecule has 0 atom stereocenters. The zero-order chi connectivity index (χ0) is 20.9. The molecule has 1 aromatic carbocycles. The highest BCUT2D eigenvalue weighted by atomic mass is 16.5. The van der Waals surface area contributed by atoms with Crippen molar-refractivity contribution in [1.82, 2.24) is 19.6 Å². The Kier molecular flexibility index (Phi) is 7.08. The third-order valence-electron chi connectivity index (χ3n) is 6.03. The van der Waals surface area contributed by atoms with E-state index in [1.54, 1.807) is 0 Å². The molecule has 2 aliphatic heterocycles. The number of rotatable bonds is 7. The van der Waals surface area contributed by atoms with Gasteiger partial charge in [0.1, 0.15) is 5.75 Å². The van der Waals surface area contributed by atoms with Gasteiger partial charge in [-0.25, -0.2) is 0 Å². The van der Waals surface area contributed by atoms with Crippen LogP contribution in [0.25, 0.3) is 0 Å². The fourth-order valence-corrected chi connectivity index (χ4v) is 4.52. The van der Waals surface area contributed by atoms with Crippen LogP contribution in [0.3, 0.4) is 0 Å². The Morgan fingerprint density at radius 3 is 2.47 bits per heavy atom. The van der Waals surface area contributed by atoms with Crippen LogP contribution in [0.4, 0.5) is 0 Å². The molecule has 4 rings (SSSR count). The highest BCUT2D eigenvalue weighted by Gasteiger charge is 2.23. The molecule has 1 aromatic heterocycles. The smallest absolute Gasteiger partial charge is 0.119 e. The Labute approximate surface area is 180 Å². The molecule has 0 saturated carbocycles. The van der Waals surface area contributed by atoms with Gasteiger partial charge in [-0.05, 0) is 58.0 Å². The highest BCUT2D eigenvalue weighted by Crippen LogP contribution is 2.23. The van der Waals surface area contributed by atoms with Crippen molar-refractivity contribution in [3.05, 3.63) is 46.8 Å². The first kappa shape index (κ1) is 21.3. The SMILES string of the molecule is CCn1nc(CN2CCCN(Cc3ccc(OC(C)C)cc3)CC2)c2c1CCOC2. The number of benzene rings is 1. The molecule has 0 unspecified atom stereocenters. The van der Waals surface area contributed by atoms with Crippen molar-refractivity contribution >= 4 is 0 Å². The Morgan fingerprint density at radius 1 is 1.03 bits per heavy atom. The van der Waals surface area contributed by atoms with Crippen LogP contribution in [-0.4, -0.2) is 58.5 Å². The summed E-state index contributed by atoms with van der Waals surface area (Å²) in [5.74, 6) is 0.953. The van der Waals surface area contributed by atoms with Gasteiger partial charge in [-0.1, -0.05) is 12.1 Å². The third-order valence-corrected chi connectivity index (χ3v) is 6.03. The molecule has 2 aliphatic rings. The molecule has 0 spiro atoms. The lowest BCUT2D eigenvalue weighted by atomic mass is 10.1. The minimum Gasteiger partial charge on any atom is -0.491 e. The molecule has 1 saturated heterocycles. The fraction of sp³-hybridized carbons (Fsp3) is 0.625. The molecule has 6 nitrogen and oxygen atoms in total. The Balaban J connectivity index is 1.33. The van der Waals surface area contributed by atoms with E-state index in [9.17, 15) is 0 Å². The van der Waals surface area contributed by atoms with E-state index >= 15 is 0 Å². The molecular formula is C24H36N4O2. The second-order valence-corrected chi connectivity index (χ2v) is 8.71. The summed E-state index contributed by atoms with van der Waals surface area (Å²) in [6.45, 7) is 15.2. The molecule has 164 valence electrons. The summed E-state index contributed by atoms with van der Waals surface area (Å²) < 4.78 is 13.7. The van der Waals surface area contributed by atoms with Crippen molar-refractivity contribution < 1.29 is 9.47 Å². The van der Waals surface area contributed by atoms with Gasteiger partial charge >= 0.3 is 0 Å². The molecule has 0 bridgehead atoms. The van der Waals surface area contributed by atoms with E-state index in [1.807, 2.05) is 0 Å². The van der Waals surface area contributed by atoms with Gasteiger partial charge in [-0.15, -0.1) is 0 Å². The number of fused-ring (bicyclic) bond motifs is 1. The summed E-state index contributed by atoms with van der Waals surface area (Å²) in [5.41, 5.74) is 5.31. The fourth-order valence-electron chi connectivity index (χ4n) is 4.52. The first-order valence-electron chi connectivity index (χ1n) is 11.5. The molecular weight excluding hydrogens is 376 g/mol. The largest absolute Gasteiger partial charge is 0.491 e. The van der Waals surface area contributed by atoms with Crippen LogP contribution in [0.1, 0.15) is 49.7 Å². The Morgan fingerprint density at radius 2 is 1.77 bits per heavy atom. The zero-order valence-corrected chi connectivity index (χ0v) is 18.8. The summed E-state index contributed by atoms with van der Waals surface area (Å²) in [6, 6.07) is 8.58. The van der Waals surface area contributed by atoms with E-state index in [1.165, 1.54) is 28.9 Å². The van der Waals surface area contributed by atoms with Crippen molar-refractivity contribution in [1.29, 1.82) is 0 Å². The molecule has 0 radical (unpaired) electrons. The van der Waals surface area contributed by atoms with Crippen LogP contribution < -0.4 is 4.74 Å². The summed E-state index contributed by atoms with van der Waals surface area (Å²) in [5, 5.41) is 4.92. The standard InChI is InChI=1S/C24H36N4O2/c1-4-28-24-10-15-29-18-22(24)23(25-28)17-27-12-5-11-26(13-14-27)16-20-6-8-21(9-7-20)30-19(2)3/h6-9,19H,4-5,10-18H2,1-3H3. The quantitative estimate of drug-likeness (QED) is 0.697. The van der Waals surface area contributed by atoms with Gasteiger partial charge in [-0.2, -0.15) is 5.10 Å². The van der Waals surface area contributed by atoms with Gasteiger partial charge in [-0.3, -0.25) is 14.5 Å². The van der Waals surface area contributed by atoms with E-state index in [2.05, 4.69) is 59.5 Å². The van der Waals surface area contributed by atoms with E-state index in [4.69, 9.17) is 14.6 Å². The zero-order valence-electron chi connectivity index (χ0n) is 18.8. The summed E-state index contributed by atoms with van der Waals surface area (Å²) in [7, 11) is 0. The molecule has 6 heteroatoms. The van der Waals surface area contributed by atoms with E-state index in [-0.39, 0.29) is 6.10 Å². The van der Waals surface area contributed by atoms with Crippen LogP contribution in [0.15, 0.2) is 24.3 Å². The summed E-state index contributed by atoms with van der Waals surface area (Å²) in [4.78, 5) is 5.14. The lowest BCUT2D eigenvalue weighted by Gasteiger charge is -2.22. The topological polar surface area (TPSA) is 42.8 Å². The average molecular weight is 413 g/mol. The van der Waals surface area contributed by atoms with Gasteiger partial charge < -0.3 is 9.47 Å². The number of nitrogens with zero attached hydrogens (tertiary/aromatic N) is 4. The lowest BCUT2D eigenvalue weighted by Crippen LogP contribution is -2.30. The number of hydrogen-bond donors (Lipinski definition) is 0. The number of aryl methyl sites for hydroxylation is 1. The average Bonchev–Trinajstić information content (AvgIpc) is 2.94. The molecule has 30 heavy (non-hydrogen) atoms. The molecule has 0 N–H and O–H groups in total. The van der Waals surface area contributed by atoms with Crippen molar-refractivity contribution in [2.45, 2.75) is 66.0 Å². The number of ether oxygens (including phenoxy) is 2. The van der Waals surface area contributed by atoms with E-state index < -0.39 is 0 Å². The summed E-state index contributed by atoms with van der Waals surface area (Å²) >= 11 is 0. The van der Waals surface area contributed by atoms with Crippen LogP contribution >= 0.6 is 0 Å². The highest BCUT2D eigenvalue weighted by molar-refractivity contribution is 5.28. The van der Waals surface area contributed by atoms with E-state index in [0.29, 0.717) is 0 Å². The normalized spacial score (nSPS) is 18.4. The molecule has 0 amide bonds. The van der Waals surface area contributed by atoms with Crippen LogP contribution in [0.5, 0.6) is 5.75 Å². The predicted octanol–water partition coefficient (Wildman–Crippen LogP) is 3.47. The number of hydrogen-bond acceptors (Lipinski definition) is 5. The second-order valence-electron chi connectivity index (χ2n) is 8.71. The maximum absolute atomic E-state index is 5.76. The predicted molar refractivity (Wildman–Crippen MR) is 119 cm³/mol. The molecule has 1 fully saturated rings.